The fourth-order valence-electron chi connectivity index (χ4n) is 3.53. The van der Waals surface area contributed by atoms with E-state index in [0.717, 1.165) is 46.6 Å². The highest BCUT2D eigenvalue weighted by atomic mass is 32.1. The van der Waals surface area contributed by atoms with Gasteiger partial charge in [-0.3, -0.25) is 4.79 Å². The van der Waals surface area contributed by atoms with Crippen LogP contribution in [0.2, 0.25) is 0 Å². The number of carbonyl (C=O) groups is 1. The summed E-state index contributed by atoms with van der Waals surface area (Å²) in [6, 6.07) is 6.42. The van der Waals surface area contributed by atoms with E-state index in [1.165, 1.54) is 29.8 Å². The zero-order chi connectivity index (χ0) is 20.2. The van der Waals surface area contributed by atoms with Crippen molar-refractivity contribution in [3.63, 3.8) is 0 Å². The van der Waals surface area contributed by atoms with Crippen LogP contribution >= 0.6 is 11.3 Å². The van der Waals surface area contributed by atoms with E-state index in [1.807, 2.05) is 13.0 Å². The van der Waals surface area contributed by atoms with Crippen LogP contribution in [0, 0.1) is 12.7 Å². The number of amides is 1. The monoisotopic (exact) mass is 414 g/mol. The Labute approximate surface area is 172 Å². The van der Waals surface area contributed by atoms with E-state index in [1.54, 1.807) is 6.07 Å². The molecule has 29 heavy (non-hydrogen) atoms. The second kappa shape index (κ2) is 8.84. The topological polar surface area (TPSA) is 76.1 Å². The van der Waals surface area contributed by atoms with E-state index in [4.69, 9.17) is 4.74 Å². The van der Waals surface area contributed by atoms with Crippen molar-refractivity contribution in [1.82, 2.24) is 15.3 Å². The van der Waals surface area contributed by atoms with E-state index in [9.17, 15) is 9.18 Å². The van der Waals surface area contributed by atoms with Crippen LogP contribution in [0.4, 0.5) is 10.2 Å². The lowest BCUT2D eigenvalue weighted by atomic mass is 10.1. The van der Waals surface area contributed by atoms with E-state index in [-0.39, 0.29) is 17.8 Å². The summed E-state index contributed by atoms with van der Waals surface area (Å²) in [6.07, 6.45) is 4.42. The van der Waals surface area contributed by atoms with Crippen LogP contribution in [-0.2, 0) is 11.2 Å². The Morgan fingerprint density at radius 1 is 1.38 bits per heavy atom. The minimum atomic E-state index is -0.268. The molecule has 3 heterocycles. The molecule has 0 aliphatic carbocycles. The summed E-state index contributed by atoms with van der Waals surface area (Å²) in [7, 11) is 0. The first-order valence-electron chi connectivity index (χ1n) is 9.74. The highest BCUT2D eigenvalue weighted by Gasteiger charge is 2.20. The minimum Gasteiger partial charge on any atom is -0.376 e. The quantitative estimate of drug-likeness (QED) is 0.617. The van der Waals surface area contributed by atoms with Gasteiger partial charge in [0.05, 0.1) is 16.4 Å². The first-order valence-corrected chi connectivity index (χ1v) is 10.6. The number of anilines is 1. The lowest BCUT2D eigenvalue weighted by Gasteiger charge is -2.12. The molecule has 0 spiro atoms. The number of hydrogen-bond donors (Lipinski definition) is 2. The standard InChI is InChI=1S/C21H23FN4O2S/c1-13-17-19(24-11-16-6-3-9-28-16)25-12-26-21(17)29-18(13)20(27)23-8-7-14-4-2-5-15(22)10-14/h2,4-5,10,12,16H,3,6-9,11H2,1H3,(H,23,27)(H,24,25,26)/t16-/m1/s1. The Kier molecular flexibility index (Phi) is 6.01. The predicted molar refractivity (Wildman–Crippen MR) is 112 cm³/mol. The molecule has 152 valence electrons. The van der Waals surface area contributed by atoms with Crippen LogP contribution in [-0.4, -0.2) is 41.7 Å². The molecule has 3 aromatic rings. The third-order valence-corrected chi connectivity index (χ3v) is 6.24. The second-order valence-electron chi connectivity index (χ2n) is 7.11. The van der Waals surface area contributed by atoms with Crippen LogP contribution in [0.1, 0.15) is 33.6 Å². The van der Waals surface area contributed by atoms with Crippen molar-refractivity contribution in [2.24, 2.45) is 0 Å². The molecule has 1 atom stereocenters. The van der Waals surface area contributed by atoms with E-state index >= 15 is 0 Å². The number of rotatable bonds is 7. The number of nitrogens with one attached hydrogen (secondary N) is 2. The molecular weight excluding hydrogens is 391 g/mol. The fraction of sp³-hybridized carbons (Fsp3) is 0.381. The smallest absolute Gasteiger partial charge is 0.261 e. The third kappa shape index (κ3) is 4.54. The van der Waals surface area contributed by atoms with Gasteiger partial charge >= 0.3 is 0 Å². The van der Waals surface area contributed by atoms with Crippen LogP contribution in [0.5, 0.6) is 0 Å². The summed E-state index contributed by atoms with van der Waals surface area (Å²) in [5.41, 5.74) is 1.72. The Morgan fingerprint density at radius 3 is 3.07 bits per heavy atom. The van der Waals surface area contributed by atoms with Gasteiger partial charge in [0.25, 0.3) is 5.91 Å². The molecule has 4 rings (SSSR count). The maximum Gasteiger partial charge on any atom is 0.261 e. The molecule has 1 aliphatic rings. The van der Waals surface area contributed by atoms with E-state index in [2.05, 4.69) is 20.6 Å². The molecular formula is C21H23FN4O2S. The van der Waals surface area contributed by atoms with Crippen molar-refractivity contribution in [1.29, 1.82) is 0 Å². The first kappa shape index (κ1) is 19.7. The predicted octanol–water partition coefficient (Wildman–Crippen LogP) is 3.70. The summed E-state index contributed by atoms with van der Waals surface area (Å²) in [4.78, 5) is 22.8. The van der Waals surface area contributed by atoms with Crippen molar-refractivity contribution >= 4 is 33.3 Å². The molecule has 2 aromatic heterocycles. The SMILES string of the molecule is Cc1c(C(=O)NCCc2cccc(F)c2)sc2ncnc(NC[C@H]3CCCO3)c12. The molecule has 1 saturated heterocycles. The number of aryl methyl sites for hydroxylation is 1. The zero-order valence-corrected chi connectivity index (χ0v) is 17.0. The Morgan fingerprint density at radius 2 is 2.28 bits per heavy atom. The maximum absolute atomic E-state index is 13.3. The molecule has 0 unspecified atom stereocenters. The lowest BCUT2D eigenvalue weighted by molar-refractivity contribution is 0.0957. The Hall–Kier alpha value is -2.58. The number of ether oxygens (including phenoxy) is 1. The molecule has 1 aliphatic heterocycles. The number of carbonyl (C=O) groups excluding carboxylic acids is 1. The van der Waals surface area contributed by atoms with Crippen LogP contribution in [0.25, 0.3) is 10.2 Å². The molecule has 6 nitrogen and oxygen atoms in total. The van der Waals surface area contributed by atoms with Crippen LogP contribution < -0.4 is 10.6 Å². The molecule has 1 aromatic carbocycles. The minimum absolute atomic E-state index is 0.146. The van der Waals surface area contributed by atoms with Gasteiger partial charge in [-0.15, -0.1) is 11.3 Å². The Balaban J connectivity index is 1.44. The van der Waals surface area contributed by atoms with Gasteiger partial charge in [0.1, 0.15) is 22.8 Å². The summed E-state index contributed by atoms with van der Waals surface area (Å²) >= 11 is 1.36. The number of aromatic nitrogens is 2. The lowest BCUT2D eigenvalue weighted by Crippen LogP contribution is -2.25. The molecule has 0 bridgehead atoms. The largest absolute Gasteiger partial charge is 0.376 e. The molecule has 2 N–H and O–H groups in total. The summed E-state index contributed by atoms with van der Waals surface area (Å²) < 4.78 is 18.9. The average molecular weight is 415 g/mol. The molecule has 0 saturated carbocycles. The highest BCUT2D eigenvalue weighted by molar-refractivity contribution is 7.20. The van der Waals surface area contributed by atoms with Gasteiger partial charge in [-0.2, -0.15) is 0 Å². The van der Waals surface area contributed by atoms with E-state index < -0.39 is 0 Å². The van der Waals surface area contributed by atoms with Crippen molar-refractivity contribution in [3.05, 3.63) is 52.4 Å². The molecule has 1 amide bonds. The van der Waals surface area contributed by atoms with Crippen molar-refractivity contribution < 1.29 is 13.9 Å². The zero-order valence-electron chi connectivity index (χ0n) is 16.2. The molecule has 1 fully saturated rings. The molecule has 0 radical (unpaired) electrons. The summed E-state index contributed by atoms with van der Waals surface area (Å²) in [5, 5.41) is 7.16. The number of nitrogens with zero attached hydrogens (tertiary/aromatic N) is 2. The van der Waals surface area contributed by atoms with Gasteiger partial charge in [0.2, 0.25) is 0 Å². The highest BCUT2D eigenvalue weighted by Crippen LogP contribution is 2.33. The van der Waals surface area contributed by atoms with Crippen molar-refractivity contribution in [3.8, 4) is 0 Å². The summed E-state index contributed by atoms with van der Waals surface area (Å²) in [6.45, 7) is 3.85. The van der Waals surface area contributed by atoms with E-state index in [0.29, 0.717) is 24.4 Å². The van der Waals surface area contributed by atoms with Gasteiger partial charge in [-0.25, -0.2) is 14.4 Å². The van der Waals surface area contributed by atoms with Crippen LogP contribution in [0.3, 0.4) is 0 Å². The normalized spacial score (nSPS) is 16.3. The average Bonchev–Trinajstić information content (AvgIpc) is 3.35. The number of hydrogen-bond acceptors (Lipinski definition) is 6. The van der Waals surface area contributed by atoms with Gasteiger partial charge in [0.15, 0.2) is 0 Å². The maximum atomic E-state index is 13.3. The second-order valence-corrected chi connectivity index (χ2v) is 8.11. The molecule has 8 heteroatoms. The van der Waals surface area contributed by atoms with Crippen LogP contribution in [0.15, 0.2) is 30.6 Å². The summed E-state index contributed by atoms with van der Waals surface area (Å²) in [5.74, 6) is 0.320. The number of thiophene rings is 1. The van der Waals surface area contributed by atoms with Gasteiger partial charge in [-0.1, -0.05) is 12.1 Å². The fourth-order valence-corrected chi connectivity index (χ4v) is 4.60. The van der Waals surface area contributed by atoms with Crippen molar-refractivity contribution in [2.75, 3.05) is 25.0 Å². The number of halogens is 1. The third-order valence-electron chi connectivity index (χ3n) is 5.04. The van der Waals surface area contributed by atoms with Crippen molar-refractivity contribution in [2.45, 2.75) is 32.3 Å². The van der Waals surface area contributed by atoms with Gasteiger partial charge in [-0.05, 0) is 49.4 Å². The first-order chi connectivity index (χ1) is 14.1. The Bertz CT molecular complexity index is 1020. The number of benzene rings is 1. The van der Waals surface area contributed by atoms with Gasteiger partial charge < -0.3 is 15.4 Å². The van der Waals surface area contributed by atoms with Gasteiger partial charge in [0, 0.05) is 19.7 Å². The number of fused-ring (bicyclic) bond motifs is 1.